The largest absolute Gasteiger partial charge is 0.458 e. The van der Waals surface area contributed by atoms with Crippen molar-refractivity contribution in [2.45, 2.75) is 25.4 Å². The van der Waals surface area contributed by atoms with Gasteiger partial charge in [-0.05, 0) is 49.1 Å². The van der Waals surface area contributed by atoms with Crippen molar-refractivity contribution < 1.29 is 9.52 Å². The maximum absolute atomic E-state index is 10.4. The number of furan rings is 1. The predicted molar refractivity (Wildman–Crippen MR) is 65.5 cm³/mol. The highest BCUT2D eigenvalue weighted by Gasteiger charge is 2.48. The topological polar surface area (TPSA) is 33.4 Å². The maximum atomic E-state index is 10.4. The monoisotopic (exact) mass is 228 g/mol. The summed E-state index contributed by atoms with van der Waals surface area (Å²) in [7, 11) is 0. The van der Waals surface area contributed by atoms with Gasteiger partial charge in [-0.3, -0.25) is 0 Å². The summed E-state index contributed by atoms with van der Waals surface area (Å²) in [6, 6.07) is 9.94. The number of rotatable bonds is 2. The molecule has 2 aliphatic rings. The summed E-state index contributed by atoms with van der Waals surface area (Å²) in [5.74, 6) is 2.97. The summed E-state index contributed by atoms with van der Waals surface area (Å²) < 4.78 is 5.74. The van der Waals surface area contributed by atoms with Crippen LogP contribution in [0.25, 0.3) is 11.0 Å². The third kappa shape index (κ3) is 1.51. The number of fused-ring (bicyclic) bond motifs is 2. The summed E-state index contributed by atoms with van der Waals surface area (Å²) >= 11 is 0. The Hall–Kier alpha value is -1.28. The minimum atomic E-state index is -0.407. The molecule has 4 rings (SSSR count). The zero-order valence-corrected chi connectivity index (χ0v) is 9.67. The number of hydrogen-bond acceptors (Lipinski definition) is 2. The SMILES string of the molecule is OC(c1cc2ccccc2o1)C1CC2CC2C1. The van der Waals surface area contributed by atoms with Crippen LogP contribution < -0.4 is 0 Å². The molecule has 0 bridgehead atoms. The molecule has 1 aromatic heterocycles. The minimum absolute atomic E-state index is 0.407. The lowest BCUT2D eigenvalue weighted by Gasteiger charge is -2.16. The first-order valence-electron chi connectivity index (χ1n) is 6.48. The highest BCUT2D eigenvalue weighted by molar-refractivity contribution is 5.77. The lowest BCUT2D eigenvalue weighted by Crippen LogP contribution is -2.09. The normalized spacial score (nSPS) is 32.6. The van der Waals surface area contributed by atoms with E-state index in [-0.39, 0.29) is 0 Å². The van der Waals surface area contributed by atoms with Crippen molar-refractivity contribution in [1.29, 1.82) is 0 Å². The lowest BCUT2D eigenvalue weighted by atomic mass is 9.95. The van der Waals surface area contributed by atoms with E-state index in [9.17, 15) is 5.11 Å². The van der Waals surface area contributed by atoms with Crippen LogP contribution in [0.15, 0.2) is 34.7 Å². The van der Waals surface area contributed by atoms with Crippen molar-refractivity contribution in [2.24, 2.45) is 17.8 Å². The fourth-order valence-electron chi connectivity index (χ4n) is 3.40. The first kappa shape index (κ1) is 9.72. The van der Waals surface area contributed by atoms with Crippen LogP contribution in [-0.4, -0.2) is 5.11 Å². The van der Waals surface area contributed by atoms with Crippen molar-refractivity contribution in [2.75, 3.05) is 0 Å². The molecule has 2 heteroatoms. The molecule has 3 unspecified atom stereocenters. The van der Waals surface area contributed by atoms with Crippen molar-refractivity contribution in [3.05, 3.63) is 36.1 Å². The van der Waals surface area contributed by atoms with Gasteiger partial charge in [0.25, 0.3) is 0 Å². The van der Waals surface area contributed by atoms with Crippen LogP contribution in [0, 0.1) is 17.8 Å². The van der Waals surface area contributed by atoms with Crippen molar-refractivity contribution in [1.82, 2.24) is 0 Å². The summed E-state index contributed by atoms with van der Waals surface area (Å²) in [5, 5.41) is 11.5. The van der Waals surface area contributed by atoms with E-state index >= 15 is 0 Å². The van der Waals surface area contributed by atoms with Crippen LogP contribution >= 0.6 is 0 Å². The summed E-state index contributed by atoms with van der Waals surface area (Å²) in [5.41, 5.74) is 0.879. The van der Waals surface area contributed by atoms with Gasteiger partial charge in [-0.2, -0.15) is 0 Å². The van der Waals surface area contributed by atoms with E-state index in [0.717, 1.165) is 28.6 Å². The molecule has 1 aromatic carbocycles. The highest BCUT2D eigenvalue weighted by Crippen LogP contribution is 2.57. The van der Waals surface area contributed by atoms with E-state index in [1.54, 1.807) is 0 Å². The van der Waals surface area contributed by atoms with Crippen LogP contribution in [0.3, 0.4) is 0 Å². The number of benzene rings is 1. The fourth-order valence-corrected chi connectivity index (χ4v) is 3.40. The molecule has 2 nitrogen and oxygen atoms in total. The summed E-state index contributed by atoms with van der Waals surface area (Å²) in [6.07, 6.45) is 3.35. The Kier molecular flexibility index (Phi) is 1.92. The third-order valence-corrected chi connectivity index (χ3v) is 4.46. The van der Waals surface area contributed by atoms with Crippen LogP contribution in [-0.2, 0) is 0 Å². The highest BCUT2D eigenvalue weighted by atomic mass is 16.4. The van der Waals surface area contributed by atoms with Gasteiger partial charge in [-0.15, -0.1) is 0 Å². The Labute approximate surface area is 100 Å². The molecule has 2 fully saturated rings. The van der Waals surface area contributed by atoms with Gasteiger partial charge < -0.3 is 9.52 Å². The average molecular weight is 228 g/mol. The standard InChI is InChI=1S/C15H16O2/c16-15(12-6-10-5-11(10)7-12)14-8-9-3-1-2-4-13(9)17-14/h1-4,8,10-12,15-16H,5-7H2. The maximum Gasteiger partial charge on any atom is 0.134 e. The van der Waals surface area contributed by atoms with E-state index in [0.29, 0.717) is 5.92 Å². The van der Waals surface area contributed by atoms with Crippen LogP contribution in [0.2, 0.25) is 0 Å². The van der Waals surface area contributed by atoms with E-state index in [4.69, 9.17) is 4.42 Å². The molecular weight excluding hydrogens is 212 g/mol. The van der Waals surface area contributed by atoms with Gasteiger partial charge in [-0.25, -0.2) is 0 Å². The molecular formula is C15H16O2. The van der Waals surface area contributed by atoms with E-state index < -0.39 is 6.10 Å². The van der Waals surface area contributed by atoms with Crippen LogP contribution in [0.4, 0.5) is 0 Å². The number of para-hydroxylation sites is 1. The van der Waals surface area contributed by atoms with Gasteiger partial charge in [0, 0.05) is 5.39 Å². The molecule has 17 heavy (non-hydrogen) atoms. The molecule has 0 amide bonds. The molecule has 2 aliphatic carbocycles. The zero-order valence-electron chi connectivity index (χ0n) is 9.67. The Bertz CT molecular complexity index is 514. The zero-order chi connectivity index (χ0) is 11.4. The predicted octanol–water partition coefficient (Wildman–Crippen LogP) is 3.51. The van der Waals surface area contributed by atoms with Crippen molar-refractivity contribution in [3.63, 3.8) is 0 Å². The molecule has 88 valence electrons. The van der Waals surface area contributed by atoms with Gasteiger partial charge in [0.05, 0.1) is 0 Å². The van der Waals surface area contributed by atoms with E-state index in [2.05, 4.69) is 0 Å². The number of aliphatic hydroxyl groups excluding tert-OH is 1. The second kappa shape index (κ2) is 3.36. The van der Waals surface area contributed by atoms with Crippen LogP contribution in [0.5, 0.6) is 0 Å². The van der Waals surface area contributed by atoms with E-state index in [1.807, 2.05) is 30.3 Å². The Balaban J connectivity index is 1.64. The number of aliphatic hydroxyl groups is 1. The molecule has 3 atom stereocenters. The van der Waals surface area contributed by atoms with Gasteiger partial charge in [0.2, 0.25) is 0 Å². The Morgan fingerprint density at radius 1 is 1.12 bits per heavy atom. The third-order valence-electron chi connectivity index (χ3n) is 4.46. The molecule has 0 spiro atoms. The fraction of sp³-hybridized carbons (Fsp3) is 0.467. The molecule has 1 N–H and O–H groups in total. The molecule has 0 radical (unpaired) electrons. The minimum Gasteiger partial charge on any atom is -0.458 e. The van der Waals surface area contributed by atoms with Crippen molar-refractivity contribution in [3.8, 4) is 0 Å². The Morgan fingerprint density at radius 2 is 1.88 bits per heavy atom. The molecule has 0 saturated heterocycles. The van der Waals surface area contributed by atoms with Crippen molar-refractivity contribution >= 4 is 11.0 Å². The van der Waals surface area contributed by atoms with Gasteiger partial charge in [-0.1, -0.05) is 18.2 Å². The average Bonchev–Trinajstić information content (AvgIpc) is 2.81. The van der Waals surface area contributed by atoms with Gasteiger partial charge >= 0.3 is 0 Å². The molecule has 0 aliphatic heterocycles. The lowest BCUT2D eigenvalue weighted by molar-refractivity contribution is 0.0841. The second-order valence-corrected chi connectivity index (χ2v) is 5.62. The molecule has 2 aromatic rings. The number of hydrogen-bond donors (Lipinski definition) is 1. The summed E-state index contributed by atoms with van der Waals surface area (Å²) in [6.45, 7) is 0. The quantitative estimate of drug-likeness (QED) is 0.853. The second-order valence-electron chi connectivity index (χ2n) is 5.62. The Morgan fingerprint density at radius 3 is 2.65 bits per heavy atom. The van der Waals surface area contributed by atoms with Gasteiger partial charge in [0.1, 0.15) is 17.4 Å². The first-order valence-corrected chi connectivity index (χ1v) is 6.48. The van der Waals surface area contributed by atoms with E-state index in [1.165, 1.54) is 19.3 Å². The van der Waals surface area contributed by atoms with Crippen LogP contribution in [0.1, 0.15) is 31.1 Å². The molecule has 2 saturated carbocycles. The molecule has 1 heterocycles. The smallest absolute Gasteiger partial charge is 0.134 e. The van der Waals surface area contributed by atoms with Gasteiger partial charge in [0.15, 0.2) is 0 Å². The first-order chi connectivity index (χ1) is 8.31. The summed E-state index contributed by atoms with van der Waals surface area (Å²) in [4.78, 5) is 0.